The van der Waals surface area contributed by atoms with Gasteiger partial charge >= 0.3 is 0 Å². The van der Waals surface area contributed by atoms with Crippen LogP contribution in [-0.2, 0) is 4.79 Å². The molecular formula is C22H16ClN3O4. The third-order valence-corrected chi connectivity index (χ3v) is 4.67. The van der Waals surface area contributed by atoms with Gasteiger partial charge in [-0.2, -0.15) is 5.26 Å². The number of nitriles is 1. The minimum Gasteiger partial charge on any atom is -0.457 e. The average molecular weight is 422 g/mol. The van der Waals surface area contributed by atoms with Crippen molar-refractivity contribution in [2.75, 3.05) is 0 Å². The van der Waals surface area contributed by atoms with Crippen molar-refractivity contribution in [2.24, 2.45) is 0 Å². The standard InChI is InChI=1S/C22H16ClN3O4/c1-14(15-5-3-2-4-6-15)25-22(27)16(13-24)11-18-8-10-21(30-18)19-9-7-17(26(28)29)12-20(19)23/h2-12,14H,1H3,(H,25,27). The lowest BCUT2D eigenvalue weighted by atomic mass is 10.1. The fourth-order valence-electron chi connectivity index (χ4n) is 2.78. The van der Waals surface area contributed by atoms with Gasteiger partial charge in [0.2, 0.25) is 0 Å². The molecule has 0 saturated heterocycles. The Hall–Kier alpha value is -3.89. The second-order valence-electron chi connectivity index (χ2n) is 6.40. The van der Waals surface area contributed by atoms with Crippen LogP contribution < -0.4 is 5.32 Å². The van der Waals surface area contributed by atoms with Crippen molar-refractivity contribution in [2.45, 2.75) is 13.0 Å². The van der Waals surface area contributed by atoms with Gasteiger partial charge in [-0.3, -0.25) is 14.9 Å². The maximum absolute atomic E-state index is 12.5. The molecule has 1 atom stereocenters. The third-order valence-electron chi connectivity index (χ3n) is 4.35. The SMILES string of the molecule is CC(NC(=O)C(C#N)=Cc1ccc(-c2ccc([N+](=O)[O-])cc2Cl)o1)c1ccccc1. The minimum absolute atomic E-state index is 0.117. The summed E-state index contributed by atoms with van der Waals surface area (Å²) in [4.78, 5) is 22.8. The second kappa shape index (κ2) is 9.07. The number of benzene rings is 2. The molecule has 2 aromatic carbocycles. The third kappa shape index (κ3) is 4.74. The van der Waals surface area contributed by atoms with Crippen LogP contribution in [0.4, 0.5) is 5.69 Å². The van der Waals surface area contributed by atoms with Crippen LogP contribution in [0.15, 0.2) is 70.7 Å². The molecule has 30 heavy (non-hydrogen) atoms. The van der Waals surface area contributed by atoms with E-state index in [9.17, 15) is 20.2 Å². The minimum atomic E-state index is -0.541. The van der Waals surface area contributed by atoms with Gasteiger partial charge in [-0.05, 0) is 30.7 Å². The van der Waals surface area contributed by atoms with Gasteiger partial charge in [-0.1, -0.05) is 41.9 Å². The smallest absolute Gasteiger partial charge is 0.270 e. The normalized spacial score (nSPS) is 12.1. The molecule has 7 nitrogen and oxygen atoms in total. The number of rotatable bonds is 6. The highest BCUT2D eigenvalue weighted by atomic mass is 35.5. The van der Waals surface area contributed by atoms with Crippen molar-refractivity contribution in [1.82, 2.24) is 5.32 Å². The van der Waals surface area contributed by atoms with E-state index in [1.54, 1.807) is 12.1 Å². The summed E-state index contributed by atoms with van der Waals surface area (Å²) in [7, 11) is 0. The maximum Gasteiger partial charge on any atom is 0.270 e. The molecule has 8 heteroatoms. The highest BCUT2D eigenvalue weighted by Crippen LogP contribution is 2.32. The number of non-ortho nitro benzene ring substituents is 1. The molecule has 0 aliphatic rings. The molecule has 1 aromatic heterocycles. The molecular weight excluding hydrogens is 406 g/mol. The summed E-state index contributed by atoms with van der Waals surface area (Å²) in [5.41, 5.74) is 1.12. The summed E-state index contributed by atoms with van der Waals surface area (Å²) in [5.74, 6) is 0.107. The number of amides is 1. The van der Waals surface area contributed by atoms with E-state index in [1.165, 1.54) is 24.3 Å². The number of nitro benzene ring substituents is 1. The number of carbonyl (C=O) groups is 1. The van der Waals surface area contributed by atoms with Gasteiger partial charge < -0.3 is 9.73 Å². The highest BCUT2D eigenvalue weighted by molar-refractivity contribution is 6.33. The van der Waals surface area contributed by atoms with E-state index in [-0.39, 0.29) is 28.1 Å². The van der Waals surface area contributed by atoms with E-state index in [2.05, 4.69) is 5.32 Å². The summed E-state index contributed by atoms with van der Waals surface area (Å²) in [5, 5.41) is 23.2. The number of nitrogens with one attached hydrogen (secondary N) is 1. The lowest BCUT2D eigenvalue weighted by Gasteiger charge is -2.13. The van der Waals surface area contributed by atoms with Gasteiger partial charge in [0.15, 0.2) is 0 Å². The predicted octanol–water partition coefficient (Wildman–Crippen LogP) is 5.29. The Morgan fingerprint density at radius 3 is 2.60 bits per heavy atom. The van der Waals surface area contributed by atoms with Gasteiger partial charge in [0.1, 0.15) is 23.2 Å². The van der Waals surface area contributed by atoms with Crippen LogP contribution in [0.5, 0.6) is 0 Å². The van der Waals surface area contributed by atoms with E-state index < -0.39 is 10.8 Å². The van der Waals surface area contributed by atoms with Crippen molar-refractivity contribution in [1.29, 1.82) is 5.26 Å². The van der Waals surface area contributed by atoms with Gasteiger partial charge in [0.05, 0.1) is 16.0 Å². The van der Waals surface area contributed by atoms with Crippen molar-refractivity contribution in [3.63, 3.8) is 0 Å². The number of hydrogen-bond donors (Lipinski definition) is 1. The first-order chi connectivity index (χ1) is 14.4. The molecule has 0 saturated carbocycles. The highest BCUT2D eigenvalue weighted by Gasteiger charge is 2.16. The zero-order valence-electron chi connectivity index (χ0n) is 15.8. The van der Waals surface area contributed by atoms with Gasteiger partial charge in [-0.15, -0.1) is 0 Å². The number of furan rings is 1. The predicted molar refractivity (Wildman–Crippen MR) is 112 cm³/mol. The van der Waals surface area contributed by atoms with Gasteiger partial charge in [0.25, 0.3) is 11.6 Å². The molecule has 1 heterocycles. The van der Waals surface area contributed by atoms with Crippen LogP contribution >= 0.6 is 11.6 Å². The molecule has 1 amide bonds. The first-order valence-corrected chi connectivity index (χ1v) is 9.28. The van der Waals surface area contributed by atoms with Crippen LogP contribution in [0.3, 0.4) is 0 Å². The first-order valence-electron chi connectivity index (χ1n) is 8.91. The summed E-state index contributed by atoms with van der Waals surface area (Å²) >= 11 is 6.12. The van der Waals surface area contributed by atoms with Crippen molar-refractivity contribution < 1.29 is 14.1 Å². The van der Waals surface area contributed by atoms with E-state index in [0.717, 1.165) is 5.56 Å². The molecule has 0 radical (unpaired) electrons. The van der Waals surface area contributed by atoms with Crippen LogP contribution in [0.2, 0.25) is 5.02 Å². The monoisotopic (exact) mass is 421 g/mol. The molecule has 0 aliphatic carbocycles. The van der Waals surface area contributed by atoms with Crippen LogP contribution in [0.1, 0.15) is 24.3 Å². The molecule has 1 N–H and O–H groups in total. The van der Waals surface area contributed by atoms with Gasteiger partial charge in [0, 0.05) is 23.8 Å². The molecule has 3 aromatic rings. The molecule has 1 unspecified atom stereocenters. The number of nitro groups is 1. The summed E-state index contributed by atoms with van der Waals surface area (Å²) in [6.45, 7) is 1.82. The zero-order chi connectivity index (χ0) is 21.7. The number of halogens is 1. The number of nitrogens with zero attached hydrogens (tertiary/aromatic N) is 2. The topological polar surface area (TPSA) is 109 Å². The molecule has 0 spiro atoms. The maximum atomic E-state index is 12.5. The van der Waals surface area contributed by atoms with Gasteiger partial charge in [-0.25, -0.2) is 0 Å². The van der Waals surface area contributed by atoms with E-state index in [4.69, 9.17) is 16.0 Å². The molecule has 150 valence electrons. The van der Waals surface area contributed by atoms with Crippen LogP contribution in [0.25, 0.3) is 17.4 Å². The Kier molecular flexibility index (Phi) is 6.30. The van der Waals surface area contributed by atoms with E-state index >= 15 is 0 Å². The number of carbonyl (C=O) groups excluding carboxylic acids is 1. The molecule has 0 bridgehead atoms. The molecule has 0 fully saturated rings. The number of hydrogen-bond acceptors (Lipinski definition) is 5. The lowest BCUT2D eigenvalue weighted by Crippen LogP contribution is -2.27. The second-order valence-corrected chi connectivity index (χ2v) is 6.81. The van der Waals surface area contributed by atoms with E-state index in [1.807, 2.05) is 43.3 Å². The average Bonchev–Trinajstić information content (AvgIpc) is 3.20. The fraction of sp³-hybridized carbons (Fsp3) is 0.0909. The molecule has 3 rings (SSSR count). The quantitative estimate of drug-likeness (QED) is 0.251. The zero-order valence-corrected chi connectivity index (χ0v) is 16.6. The molecule has 0 aliphatic heterocycles. The first kappa shape index (κ1) is 20.8. The Morgan fingerprint density at radius 2 is 1.97 bits per heavy atom. The summed E-state index contributed by atoms with van der Waals surface area (Å²) in [6, 6.07) is 18.2. The summed E-state index contributed by atoms with van der Waals surface area (Å²) < 4.78 is 5.66. The lowest BCUT2D eigenvalue weighted by molar-refractivity contribution is -0.384. The van der Waals surface area contributed by atoms with Crippen LogP contribution in [-0.4, -0.2) is 10.8 Å². The van der Waals surface area contributed by atoms with Crippen molar-refractivity contribution >= 4 is 29.3 Å². The van der Waals surface area contributed by atoms with E-state index in [0.29, 0.717) is 11.3 Å². The van der Waals surface area contributed by atoms with Crippen LogP contribution in [0, 0.1) is 21.4 Å². The Bertz CT molecular complexity index is 1160. The fourth-order valence-corrected chi connectivity index (χ4v) is 3.05. The Labute approximate surface area is 177 Å². The van der Waals surface area contributed by atoms with Crippen molar-refractivity contribution in [3.05, 3.63) is 92.7 Å². The largest absolute Gasteiger partial charge is 0.457 e. The summed E-state index contributed by atoms with van der Waals surface area (Å²) in [6.07, 6.45) is 1.33. The van der Waals surface area contributed by atoms with Crippen molar-refractivity contribution in [3.8, 4) is 17.4 Å². The Balaban J connectivity index is 1.79. The Morgan fingerprint density at radius 1 is 1.23 bits per heavy atom.